The summed E-state index contributed by atoms with van der Waals surface area (Å²) < 4.78 is 9.97. The van der Waals surface area contributed by atoms with Crippen molar-refractivity contribution in [2.24, 2.45) is 0 Å². The number of carbonyl (C=O) groups excluding carboxylic acids is 1. The van der Waals surface area contributed by atoms with Crippen LogP contribution in [0.3, 0.4) is 0 Å². The van der Waals surface area contributed by atoms with E-state index in [0.29, 0.717) is 28.2 Å². The zero-order valence-corrected chi connectivity index (χ0v) is 9.51. The third kappa shape index (κ3) is 1.84. The van der Waals surface area contributed by atoms with Crippen LogP contribution in [0.15, 0.2) is 39.6 Å². The summed E-state index contributed by atoms with van der Waals surface area (Å²) in [5, 5.41) is 6.33. The molecule has 0 saturated carbocycles. The molecule has 0 atom stereocenters. The molecule has 3 aromatic rings. The van der Waals surface area contributed by atoms with E-state index in [1.165, 1.54) is 6.39 Å². The van der Waals surface area contributed by atoms with Gasteiger partial charge in [-0.05, 0) is 25.1 Å². The van der Waals surface area contributed by atoms with Gasteiger partial charge in [-0.3, -0.25) is 4.79 Å². The molecule has 1 aromatic carbocycles. The van der Waals surface area contributed by atoms with E-state index >= 15 is 0 Å². The minimum absolute atomic E-state index is 0.270. The molecular weight excluding hydrogens is 234 g/mol. The lowest BCUT2D eigenvalue weighted by Gasteiger charge is -2.00. The van der Waals surface area contributed by atoms with Gasteiger partial charge in [0, 0.05) is 11.6 Å². The maximum Gasteiger partial charge on any atom is 0.256 e. The van der Waals surface area contributed by atoms with Crippen LogP contribution in [0.4, 0.5) is 5.82 Å². The second-order valence-corrected chi connectivity index (χ2v) is 3.81. The molecular formula is C12H9N3O3. The monoisotopic (exact) mass is 243 g/mol. The number of hydrogen-bond donors (Lipinski definition) is 1. The van der Waals surface area contributed by atoms with Gasteiger partial charge in [0.15, 0.2) is 17.8 Å². The normalized spacial score (nSPS) is 10.7. The number of rotatable bonds is 2. The highest BCUT2D eigenvalue weighted by molar-refractivity contribution is 6.05. The van der Waals surface area contributed by atoms with Crippen LogP contribution in [0.5, 0.6) is 0 Å². The lowest BCUT2D eigenvalue weighted by molar-refractivity contribution is 0.102. The summed E-state index contributed by atoms with van der Waals surface area (Å²) in [6.45, 7) is 1.75. The van der Waals surface area contributed by atoms with Crippen LogP contribution in [0.2, 0.25) is 0 Å². The Bertz CT molecular complexity index is 714. The van der Waals surface area contributed by atoms with Crippen LogP contribution in [0, 0.1) is 6.92 Å². The average molecular weight is 243 g/mol. The molecule has 0 aliphatic rings. The number of fused-ring (bicyclic) bond motifs is 1. The number of benzene rings is 1. The third-order valence-electron chi connectivity index (χ3n) is 2.46. The van der Waals surface area contributed by atoms with Gasteiger partial charge in [-0.25, -0.2) is 4.98 Å². The number of anilines is 1. The molecule has 3 rings (SSSR count). The van der Waals surface area contributed by atoms with Gasteiger partial charge in [0.2, 0.25) is 0 Å². The fourth-order valence-electron chi connectivity index (χ4n) is 1.61. The largest absolute Gasteiger partial charge is 0.443 e. The quantitative estimate of drug-likeness (QED) is 0.747. The van der Waals surface area contributed by atoms with Crippen molar-refractivity contribution in [1.29, 1.82) is 0 Å². The Hall–Kier alpha value is -2.63. The van der Waals surface area contributed by atoms with Gasteiger partial charge in [-0.1, -0.05) is 5.16 Å². The molecule has 1 N–H and O–H groups in total. The summed E-state index contributed by atoms with van der Waals surface area (Å²) in [7, 11) is 0. The lowest BCUT2D eigenvalue weighted by Crippen LogP contribution is -2.11. The Morgan fingerprint density at radius 1 is 1.33 bits per heavy atom. The Morgan fingerprint density at radius 3 is 3.00 bits per heavy atom. The van der Waals surface area contributed by atoms with E-state index in [1.807, 2.05) is 0 Å². The molecule has 0 radical (unpaired) electrons. The number of aromatic nitrogens is 2. The maximum absolute atomic E-state index is 11.9. The number of hydrogen-bond acceptors (Lipinski definition) is 5. The van der Waals surface area contributed by atoms with Crippen LogP contribution in [0.25, 0.3) is 11.1 Å². The van der Waals surface area contributed by atoms with Crippen molar-refractivity contribution in [3.05, 3.63) is 42.0 Å². The Kier molecular flexibility index (Phi) is 2.33. The standard InChI is InChI=1S/C12H9N3O3/c1-7-4-11(15-18-7)14-12(16)8-2-3-10-9(5-8)13-6-17-10/h2-6H,1H3,(H,14,15,16). The van der Waals surface area contributed by atoms with Crippen LogP contribution in [-0.2, 0) is 0 Å². The molecule has 6 nitrogen and oxygen atoms in total. The smallest absolute Gasteiger partial charge is 0.256 e. The number of nitrogens with zero attached hydrogens (tertiary/aromatic N) is 2. The number of aryl methyl sites for hydroxylation is 1. The predicted molar refractivity (Wildman–Crippen MR) is 63.2 cm³/mol. The number of amides is 1. The highest BCUT2D eigenvalue weighted by Gasteiger charge is 2.10. The molecule has 6 heteroatoms. The molecule has 2 heterocycles. The van der Waals surface area contributed by atoms with E-state index in [2.05, 4.69) is 15.5 Å². The van der Waals surface area contributed by atoms with E-state index in [4.69, 9.17) is 8.94 Å². The van der Waals surface area contributed by atoms with Crippen molar-refractivity contribution in [3.63, 3.8) is 0 Å². The van der Waals surface area contributed by atoms with Gasteiger partial charge in [-0.2, -0.15) is 0 Å². The first kappa shape index (κ1) is 10.5. The Balaban J connectivity index is 1.87. The highest BCUT2D eigenvalue weighted by atomic mass is 16.5. The van der Waals surface area contributed by atoms with Gasteiger partial charge in [0.25, 0.3) is 5.91 Å². The zero-order valence-electron chi connectivity index (χ0n) is 9.51. The van der Waals surface area contributed by atoms with Crippen molar-refractivity contribution in [2.75, 3.05) is 5.32 Å². The maximum atomic E-state index is 11.9. The number of oxazole rings is 1. The van der Waals surface area contributed by atoms with Gasteiger partial charge in [-0.15, -0.1) is 0 Å². The average Bonchev–Trinajstić information content (AvgIpc) is 2.96. The van der Waals surface area contributed by atoms with Gasteiger partial charge < -0.3 is 14.3 Å². The zero-order chi connectivity index (χ0) is 12.5. The van der Waals surface area contributed by atoms with Crippen molar-refractivity contribution >= 4 is 22.8 Å². The fraction of sp³-hybridized carbons (Fsp3) is 0.0833. The third-order valence-corrected chi connectivity index (χ3v) is 2.46. The topological polar surface area (TPSA) is 81.2 Å². The molecule has 18 heavy (non-hydrogen) atoms. The van der Waals surface area contributed by atoms with Gasteiger partial charge in [0.1, 0.15) is 11.3 Å². The predicted octanol–water partition coefficient (Wildman–Crippen LogP) is 2.38. The van der Waals surface area contributed by atoms with Gasteiger partial charge >= 0.3 is 0 Å². The van der Waals surface area contributed by atoms with Crippen LogP contribution in [0.1, 0.15) is 16.1 Å². The van der Waals surface area contributed by atoms with Crippen molar-refractivity contribution < 1.29 is 13.7 Å². The first-order valence-electron chi connectivity index (χ1n) is 5.30. The summed E-state index contributed by atoms with van der Waals surface area (Å²) in [4.78, 5) is 15.9. The second-order valence-electron chi connectivity index (χ2n) is 3.81. The highest BCUT2D eigenvalue weighted by Crippen LogP contribution is 2.15. The van der Waals surface area contributed by atoms with E-state index in [-0.39, 0.29) is 5.91 Å². The van der Waals surface area contributed by atoms with Crippen LogP contribution < -0.4 is 5.32 Å². The number of nitrogens with one attached hydrogen (secondary N) is 1. The summed E-state index contributed by atoms with van der Waals surface area (Å²) in [6, 6.07) is 6.66. The molecule has 0 aliphatic heterocycles. The molecule has 90 valence electrons. The van der Waals surface area contributed by atoms with Crippen LogP contribution >= 0.6 is 0 Å². The summed E-state index contributed by atoms with van der Waals surface area (Å²) in [5.74, 6) is 0.753. The first-order chi connectivity index (χ1) is 8.72. The van der Waals surface area contributed by atoms with E-state index < -0.39 is 0 Å². The first-order valence-corrected chi connectivity index (χ1v) is 5.30. The molecule has 0 aliphatic carbocycles. The van der Waals surface area contributed by atoms with Crippen molar-refractivity contribution in [2.45, 2.75) is 6.92 Å². The molecule has 0 bridgehead atoms. The summed E-state index contributed by atoms with van der Waals surface area (Å²) in [6.07, 6.45) is 1.34. The minimum Gasteiger partial charge on any atom is -0.443 e. The Morgan fingerprint density at radius 2 is 2.22 bits per heavy atom. The fourth-order valence-corrected chi connectivity index (χ4v) is 1.61. The van der Waals surface area contributed by atoms with Crippen molar-refractivity contribution in [1.82, 2.24) is 10.1 Å². The molecule has 2 aromatic heterocycles. The second kappa shape index (κ2) is 3.99. The molecule has 0 fully saturated rings. The van der Waals surface area contributed by atoms with Crippen LogP contribution in [-0.4, -0.2) is 16.0 Å². The SMILES string of the molecule is Cc1cc(NC(=O)c2ccc3ocnc3c2)no1. The van der Waals surface area contributed by atoms with E-state index in [1.54, 1.807) is 31.2 Å². The minimum atomic E-state index is -0.270. The van der Waals surface area contributed by atoms with Gasteiger partial charge in [0.05, 0.1) is 0 Å². The summed E-state index contributed by atoms with van der Waals surface area (Å²) in [5.41, 5.74) is 1.76. The van der Waals surface area contributed by atoms with E-state index in [0.717, 1.165) is 0 Å². The lowest BCUT2D eigenvalue weighted by atomic mass is 10.2. The molecule has 0 unspecified atom stereocenters. The van der Waals surface area contributed by atoms with E-state index in [9.17, 15) is 4.79 Å². The number of carbonyl (C=O) groups is 1. The molecule has 1 amide bonds. The Labute approximate surface area is 102 Å². The molecule has 0 spiro atoms. The summed E-state index contributed by atoms with van der Waals surface area (Å²) >= 11 is 0. The van der Waals surface area contributed by atoms with Crippen molar-refractivity contribution in [3.8, 4) is 0 Å². The molecule has 0 saturated heterocycles.